The molecule has 7 heteroatoms. The Hall–Kier alpha value is -0.390. The lowest BCUT2D eigenvalue weighted by atomic mass is 10.0. The van der Waals surface area contributed by atoms with Crippen molar-refractivity contribution in [2.24, 2.45) is 0 Å². The SMILES string of the molecule is CCC(CCl)(CCl)NC(=O)c1snnc1C. The number of amides is 1. The predicted octanol–water partition coefficient (Wildman–Crippen LogP) is 2.20. The summed E-state index contributed by atoms with van der Waals surface area (Å²) < 4.78 is 3.72. The van der Waals surface area contributed by atoms with Crippen LogP contribution in [0.3, 0.4) is 0 Å². The van der Waals surface area contributed by atoms with Crippen LogP contribution in [-0.2, 0) is 0 Å². The third-order valence-corrected chi connectivity index (χ3v) is 4.27. The molecule has 1 amide bonds. The average Bonchev–Trinajstić information content (AvgIpc) is 2.72. The normalized spacial score (nSPS) is 11.5. The third kappa shape index (κ3) is 2.84. The molecule has 0 atom stereocenters. The van der Waals surface area contributed by atoms with Gasteiger partial charge in [0.1, 0.15) is 4.88 Å². The average molecular weight is 282 g/mol. The van der Waals surface area contributed by atoms with Crippen molar-refractivity contribution in [1.82, 2.24) is 14.9 Å². The van der Waals surface area contributed by atoms with Crippen LogP contribution in [0.15, 0.2) is 0 Å². The van der Waals surface area contributed by atoms with Crippen molar-refractivity contribution < 1.29 is 4.79 Å². The van der Waals surface area contributed by atoms with E-state index in [1.807, 2.05) is 6.92 Å². The summed E-state index contributed by atoms with van der Waals surface area (Å²) in [7, 11) is 0. The summed E-state index contributed by atoms with van der Waals surface area (Å²) in [6.45, 7) is 3.68. The molecule has 0 radical (unpaired) electrons. The fourth-order valence-corrected chi connectivity index (χ4v) is 2.47. The molecule has 0 aromatic carbocycles. The van der Waals surface area contributed by atoms with Crippen molar-refractivity contribution in [3.05, 3.63) is 10.6 Å². The zero-order valence-corrected chi connectivity index (χ0v) is 11.4. The highest BCUT2D eigenvalue weighted by atomic mass is 35.5. The van der Waals surface area contributed by atoms with Gasteiger partial charge in [0.05, 0.1) is 11.2 Å². The molecular weight excluding hydrogens is 269 g/mol. The van der Waals surface area contributed by atoms with E-state index in [0.717, 1.165) is 11.5 Å². The minimum atomic E-state index is -0.559. The first-order chi connectivity index (χ1) is 7.58. The van der Waals surface area contributed by atoms with Gasteiger partial charge in [0.2, 0.25) is 0 Å². The van der Waals surface area contributed by atoms with Crippen LogP contribution in [0.4, 0.5) is 0 Å². The Bertz CT molecular complexity index is 357. The number of aryl methyl sites for hydroxylation is 1. The Morgan fingerprint density at radius 1 is 1.50 bits per heavy atom. The number of carbonyl (C=O) groups excluding carboxylic acids is 1. The molecule has 0 spiro atoms. The Morgan fingerprint density at radius 2 is 2.12 bits per heavy atom. The number of rotatable bonds is 5. The summed E-state index contributed by atoms with van der Waals surface area (Å²) in [5.41, 5.74) is 0.0630. The Labute approximate surface area is 108 Å². The van der Waals surface area contributed by atoms with Crippen LogP contribution in [-0.4, -0.2) is 32.8 Å². The van der Waals surface area contributed by atoms with Crippen LogP contribution in [0.2, 0.25) is 0 Å². The summed E-state index contributed by atoms with van der Waals surface area (Å²) in [5, 5.41) is 6.64. The predicted molar refractivity (Wildman–Crippen MR) is 66.6 cm³/mol. The van der Waals surface area contributed by atoms with Gasteiger partial charge in [-0.25, -0.2) is 0 Å². The minimum absolute atomic E-state index is 0.212. The van der Waals surface area contributed by atoms with E-state index in [-0.39, 0.29) is 17.7 Å². The molecule has 1 N–H and O–H groups in total. The van der Waals surface area contributed by atoms with Crippen LogP contribution in [0.1, 0.15) is 28.7 Å². The molecule has 16 heavy (non-hydrogen) atoms. The van der Waals surface area contributed by atoms with Crippen molar-refractivity contribution in [2.75, 3.05) is 11.8 Å². The third-order valence-electron chi connectivity index (χ3n) is 2.42. The molecule has 0 bridgehead atoms. The van der Waals surface area contributed by atoms with E-state index in [2.05, 4.69) is 14.9 Å². The fourth-order valence-electron chi connectivity index (χ4n) is 1.12. The maximum Gasteiger partial charge on any atom is 0.265 e. The van der Waals surface area contributed by atoms with E-state index in [1.54, 1.807) is 6.92 Å². The molecule has 1 aromatic heterocycles. The van der Waals surface area contributed by atoms with E-state index in [4.69, 9.17) is 23.2 Å². The zero-order chi connectivity index (χ0) is 12.2. The molecule has 0 aliphatic carbocycles. The number of aromatic nitrogens is 2. The topological polar surface area (TPSA) is 54.9 Å². The smallest absolute Gasteiger partial charge is 0.265 e. The maximum absolute atomic E-state index is 11.9. The van der Waals surface area contributed by atoms with E-state index in [1.165, 1.54) is 0 Å². The highest BCUT2D eigenvalue weighted by Crippen LogP contribution is 2.17. The molecule has 0 aliphatic heterocycles. The Kier molecular flexibility index (Phi) is 4.95. The quantitative estimate of drug-likeness (QED) is 0.842. The summed E-state index contributed by atoms with van der Waals surface area (Å²) in [6, 6.07) is 0. The number of halogens is 2. The lowest BCUT2D eigenvalue weighted by Gasteiger charge is -2.29. The van der Waals surface area contributed by atoms with Gasteiger partial charge in [-0.05, 0) is 24.9 Å². The second kappa shape index (κ2) is 5.80. The van der Waals surface area contributed by atoms with Gasteiger partial charge in [0, 0.05) is 11.8 Å². The van der Waals surface area contributed by atoms with Crippen LogP contribution in [0, 0.1) is 6.92 Å². The van der Waals surface area contributed by atoms with Crippen LogP contribution < -0.4 is 5.32 Å². The molecule has 4 nitrogen and oxygen atoms in total. The van der Waals surface area contributed by atoms with E-state index >= 15 is 0 Å². The molecule has 0 saturated carbocycles. The first-order valence-corrected chi connectivity index (χ1v) is 6.66. The summed E-state index contributed by atoms with van der Waals surface area (Å²) in [4.78, 5) is 12.4. The number of hydrogen-bond acceptors (Lipinski definition) is 4. The number of nitrogens with one attached hydrogen (secondary N) is 1. The summed E-state index contributed by atoms with van der Waals surface area (Å²) in [6.07, 6.45) is 0.678. The van der Waals surface area contributed by atoms with Gasteiger partial charge in [-0.1, -0.05) is 11.4 Å². The van der Waals surface area contributed by atoms with Crippen LogP contribution >= 0.6 is 34.7 Å². The fraction of sp³-hybridized carbons (Fsp3) is 0.667. The van der Waals surface area contributed by atoms with Crippen molar-refractivity contribution in [1.29, 1.82) is 0 Å². The van der Waals surface area contributed by atoms with Gasteiger partial charge in [0.15, 0.2) is 0 Å². The van der Waals surface area contributed by atoms with Gasteiger partial charge >= 0.3 is 0 Å². The van der Waals surface area contributed by atoms with Gasteiger partial charge in [-0.2, -0.15) is 0 Å². The molecule has 0 aliphatic rings. The van der Waals surface area contributed by atoms with Crippen molar-refractivity contribution in [3.63, 3.8) is 0 Å². The van der Waals surface area contributed by atoms with Gasteiger partial charge < -0.3 is 5.32 Å². The number of hydrogen-bond donors (Lipinski definition) is 1. The second-order valence-electron chi connectivity index (χ2n) is 3.54. The largest absolute Gasteiger partial charge is 0.343 e. The summed E-state index contributed by atoms with van der Waals surface area (Å²) >= 11 is 12.8. The minimum Gasteiger partial charge on any atom is -0.343 e. The van der Waals surface area contributed by atoms with Crippen molar-refractivity contribution in [2.45, 2.75) is 25.8 Å². The maximum atomic E-state index is 11.9. The first kappa shape index (κ1) is 13.7. The molecule has 90 valence electrons. The summed E-state index contributed by atoms with van der Waals surface area (Å²) in [5.74, 6) is 0.351. The van der Waals surface area contributed by atoms with Gasteiger partial charge in [-0.15, -0.1) is 28.3 Å². The molecule has 1 aromatic rings. The Morgan fingerprint density at radius 3 is 2.50 bits per heavy atom. The van der Waals surface area contributed by atoms with E-state index in [9.17, 15) is 4.79 Å². The first-order valence-electron chi connectivity index (χ1n) is 4.82. The van der Waals surface area contributed by atoms with Crippen LogP contribution in [0.25, 0.3) is 0 Å². The molecular formula is C9H13Cl2N3OS. The van der Waals surface area contributed by atoms with Crippen LogP contribution in [0.5, 0.6) is 0 Å². The molecule has 0 unspecified atom stereocenters. The molecule has 1 heterocycles. The molecule has 0 saturated heterocycles. The monoisotopic (exact) mass is 281 g/mol. The molecule has 1 rings (SSSR count). The van der Waals surface area contributed by atoms with Crippen molar-refractivity contribution >= 4 is 40.6 Å². The number of carbonyl (C=O) groups is 1. The molecule has 0 fully saturated rings. The number of alkyl halides is 2. The van der Waals surface area contributed by atoms with E-state index in [0.29, 0.717) is 17.0 Å². The zero-order valence-electron chi connectivity index (χ0n) is 9.09. The van der Waals surface area contributed by atoms with Gasteiger partial charge in [-0.3, -0.25) is 4.79 Å². The number of nitrogens with zero attached hydrogens (tertiary/aromatic N) is 2. The van der Waals surface area contributed by atoms with E-state index < -0.39 is 5.54 Å². The van der Waals surface area contributed by atoms with Gasteiger partial charge in [0.25, 0.3) is 5.91 Å². The standard InChI is InChI=1S/C9H13Cl2N3OS/c1-3-9(4-10,5-11)12-8(15)7-6(2)13-14-16-7/h3-5H2,1-2H3,(H,12,15). The lowest BCUT2D eigenvalue weighted by Crippen LogP contribution is -2.51. The Balaban J connectivity index is 2.81. The highest BCUT2D eigenvalue weighted by molar-refractivity contribution is 7.08. The highest BCUT2D eigenvalue weighted by Gasteiger charge is 2.29. The second-order valence-corrected chi connectivity index (χ2v) is 4.83. The lowest BCUT2D eigenvalue weighted by molar-refractivity contribution is 0.0917. The van der Waals surface area contributed by atoms with Crippen molar-refractivity contribution in [3.8, 4) is 0 Å².